The van der Waals surface area contributed by atoms with Crippen LogP contribution in [0.25, 0.3) is 0 Å². The summed E-state index contributed by atoms with van der Waals surface area (Å²) in [4.78, 5) is 0. The summed E-state index contributed by atoms with van der Waals surface area (Å²) in [6.07, 6.45) is 0.408. The van der Waals surface area contributed by atoms with Crippen molar-refractivity contribution in [2.24, 2.45) is 0 Å². The maximum Gasteiger partial charge on any atom is 0.265 e. The Morgan fingerprint density at radius 2 is 0.966 bits per heavy atom. The van der Waals surface area contributed by atoms with E-state index in [1.165, 1.54) is 16.7 Å². The minimum atomic E-state index is -3.98. The number of rotatable bonds is 10. The average molecular weight is 411 g/mol. The highest BCUT2D eigenvalue weighted by atomic mass is 32.2. The topological polar surface area (TPSA) is 54.4 Å². The zero-order valence-electron chi connectivity index (χ0n) is 16.5. The second kappa shape index (κ2) is 9.83. The molecule has 0 amide bonds. The fourth-order valence-electron chi connectivity index (χ4n) is 3.90. The molecule has 1 N–H and O–H groups in total. The van der Waals surface area contributed by atoms with Crippen LogP contribution in [0.3, 0.4) is 0 Å². The van der Waals surface area contributed by atoms with Gasteiger partial charge >= 0.3 is 0 Å². The zero-order chi connectivity index (χ0) is 20.6. The van der Waals surface area contributed by atoms with Gasteiger partial charge in [0.1, 0.15) is 19.6 Å². The molecule has 0 spiro atoms. The van der Waals surface area contributed by atoms with Crippen molar-refractivity contribution >= 4 is 10.1 Å². The molecule has 0 heterocycles. The van der Waals surface area contributed by atoms with Gasteiger partial charge in [0.05, 0.1) is 12.3 Å². The molecule has 0 saturated carbocycles. The monoisotopic (exact) mass is 410 g/mol. The van der Waals surface area contributed by atoms with Gasteiger partial charge in [-0.25, -0.2) is 0 Å². The molecule has 3 aromatic rings. The molecule has 0 unspecified atom stereocenters. The summed E-state index contributed by atoms with van der Waals surface area (Å²) in [6, 6.07) is 30.9. The molecule has 4 nitrogen and oxygen atoms in total. The van der Waals surface area contributed by atoms with E-state index in [-0.39, 0.29) is 5.75 Å². The first kappa shape index (κ1) is 21.2. The van der Waals surface area contributed by atoms with Crippen molar-refractivity contribution in [1.29, 1.82) is 0 Å². The van der Waals surface area contributed by atoms with Crippen molar-refractivity contribution in [2.75, 3.05) is 12.3 Å². The number of hydrogen-bond acceptors (Lipinski definition) is 2. The Bertz CT molecular complexity index is 873. The molecule has 5 heteroatoms. The fourth-order valence-corrected chi connectivity index (χ4v) is 4.39. The number of hydrogen-bond donors (Lipinski definition) is 1. The van der Waals surface area contributed by atoms with E-state index in [1.54, 1.807) is 0 Å². The van der Waals surface area contributed by atoms with Crippen LogP contribution in [0, 0.1) is 0 Å². The van der Waals surface area contributed by atoms with Gasteiger partial charge in [0.25, 0.3) is 10.1 Å². The van der Waals surface area contributed by atoms with Crippen molar-refractivity contribution in [3.05, 3.63) is 108 Å². The molecule has 0 radical (unpaired) electrons. The molecule has 0 aromatic heterocycles. The average Bonchev–Trinajstić information content (AvgIpc) is 2.69. The van der Waals surface area contributed by atoms with E-state index in [9.17, 15) is 13.0 Å². The molecule has 0 atom stereocenters. The lowest BCUT2D eigenvalue weighted by Crippen LogP contribution is -2.47. The molecule has 0 aliphatic carbocycles. The van der Waals surface area contributed by atoms with Crippen LogP contribution >= 0.6 is 0 Å². The van der Waals surface area contributed by atoms with Crippen molar-refractivity contribution < 1.29 is 17.5 Å². The standard InChI is InChI=1S/C24H27NO3S/c26-29(27,28)18-10-17-25(19-22-11-4-1-5-12-22,20-23-13-6-2-7-14-23)21-24-15-8-3-9-16-24/h1-9,11-16H,10,17-21H2/p+1. The lowest BCUT2D eigenvalue weighted by atomic mass is 10.1. The second-order valence-corrected chi connectivity index (χ2v) is 9.21. The highest BCUT2D eigenvalue weighted by molar-refractivity contribution is 7.85. The van der Waals surface area contributed by atoms with Gasteiger partial charge in [-0.15, -0.1) is 0 Å². The van der Waals surface area contributed by atoms with Gasteiger partial charge in [0, 0.05) is 23.1 Å². The van der Waals surface area contributed by atoms with Crippen LogP contribution in [-0.2, 0) is 29.8 Å². The van der Waals surface area contributed by atoms with Crippen LogP contribution in [-0.4, -0.2) is 29.8 Å². The second-order valence-electron chi connectivity index (χ2n) is 7.64. The normalized spacial score (nSPS) is 12.0. The first-order valence-corrected chi connectivity index (χ1v) is 11.5. The summed E-state index contributed by atoms with van der Waals surface area (Å²) in [7, 11) is -3.98. The van der Waals surface area contributed by atoms with E-state index in [0.29, 0.717) is 17.4 Å². The summed E-state index contributed by atoms with van der Waals surface area (Å²) in [5.74, 6) is -0.217. The third-order valence-corrected chi connectivity index (χ3v) is 5.92. The SMILES string of the molecule is O=S(=O)(O)CCC[N+](Cc1ccccc1)(Cc1ccccc1)Cc1ccccc1. The number of nitrogens with zero attached hydrogens (tertiary/aromatic N) is 1. The molecule has 0 fully saturated rings. The van der Waals surface area contributed by atoms with Gasteiger partial charge in [-0.2, -0.15) is 8.42 Å². The molecule has 29 heavy (non-hydrogen) atoms. The molecule has 0 aliphatic heterocycles. The molecule has 3 rings (SSSR count). The molecule has 3 aromatic carbocycles. The highest BCUT2D eigenvalue weighted by Gasteiger charge is 2.29. The summed E-state index contributed by atoms with van der Waals surface area (Å²) >= 11 is 0. The van der Waals surface area contributed by atoms with Crippen LogP contribution in [0.2, 0.25) is 0 Å². The maximum atomic E-state index is 11.3. The first-order chi connectivity index (χ1) is 13.9. The largest absolute Gasteiger partial charge is 0.312 e. The lowest BCUT2D eigenvalue weighted by Gasteiger charge is -2.39. The molecular formula is C24H28NO3S+. The Morgan fingerprint density at radius 3 is 1.28 bits per heavy atom. The molecule has 0 bridgehead atoms. The van der Waals surface area contributed by atoms with Gasteiger partial charge < -0.3 is 4.48 Å². The fraction of sp³-hybridized carbons (Fsp3) is 0.250. The summed E-state index contributed by atoms with van der Waals surface area (Å²) in [5.41, 5.74) is 3.64. The van der Waals surface area contributed by atoms with Crippen molar-refractivity contribution in [3.8, 4) is 0 Å². The third-order valence-electron chi connectivity index (χ3n) is 5.12. The number of benzene rings is 3. The van der Waals surface area contributed by atoms with E-state index >= 15 is 0 Å². The van der Waals surface area contributed by atoms with Crippen LogP contribution < -0.4 is 0 Å². The van der Waals surface area contributed by atoms with E-state index < -0.39 is 10.1 Å². The Hall–Kier alpha value is -2.47. The van der Waals surface area contributed by atoms with Gasteiger partial charge in [0.2, 0.25) is 0 Å². The van der Waals surface area contributed by atoms with Crippen molar-refractivity contribution in [2.45, 2.75) is 26.1 Å². The third kappa shape index (κ3) is 7.13. The Labute approximate surface area is 173 Å². The Balaban J connectivity index is 1.95. The highest BCUT2D eigenvalue weighted by Crippen LogP contribution is 2.25. The van der Waals surface area contributed by atoms with Gasteiger partial charge in [-0.3, -0.25) is 4.55 Å². The predicted molar refractivity (Wildman–Crippen MR) is 117 cm³/mol. The minimum Gasteiger partial charge on any atom is -0.312 e. The Kier molecular flexibility index (Phi) is 7.20. The Morgan fingerprint density at radius 1 is 0.621 bits per heavy atom. The predicted octanol–water partition coefficient (Wildman–Crippen LogP) is 4.68. The maximum absolute atomic E-state index is 11.3. The van der Waals surface area contributed by atoms with Crippen molar-refractivity contribution in [3.63, 3.8) is 0 Å². The van der Waals surface area contributed by atoms with E-state index in [4.69, 9.17) is 0 Å². The van der Waals surface area contributed by atoms with Crippen LogP contribution in [0.4, 0.5) is 0 Å². The van der Waals surface area contributed by atoms with E-state index in [1.807, 2.05) is 54.6 Å². The summed E-state index contributed by atoms with van der Waals surface area (Å²) in [5, 5.41) is 0. The van der Waals surface area contributed by atoms with Gasteiger partial charge in [-0.05, 0) is 0 Å². The quantitative estimate of drug-likeness (QED) is 0.390. The zero-order valence-corrected chi connectivity index (χ0v) is 17.3. The van der Waals surface area contributed by atoms with Crippen LogP contribution in [0.1, 0.15) is 23.1 Å². The van der Waals surface area contributed by atoms with E-state index in [2.05, 4.69) is 36.4 Å². The molecule has 152 valence electrons. The number of quaternary nitrogens is 1. The van der Waals surface area contributed by atoms with E-state index in [0.717, 1.165) is 19.6 Å². The lowest BCUT2D eigenvalue weighted by molar-refractivity contribution is -0.966. The first-order valence-electron chi connectivity index (χ1n) is 9.86. The minimum absolute atomic E-state index is 0.217. The smallest absolute Gasteiger partial charge is 0.265 e. The van der Waals surface area contributed by atoms with Gasteiger partial charge in [0.15, 0.2) is 0 Å². The molecule has 0 saturated heterocycles. The van der Waals surface area contributed by atoms with Crippen LogP contribution in [0.5, 0.6) is 0 Å². The van der Waals surface area contributed by atoms with Crippen LogP contribution in [0.15, 0.2) is 91.0 Å². The molecular weight excluding hydrogens is 382 g/mol. The summed E-state index contributed by atoms with van der Waals surface area (Å²) in [6.45, 7) is 3.01. The molecule has 0 aliphatic rings. The van der Waals surface area contributed by atoms with Crippen molar-refractivity contribution in [1.82, 2.24) is 0 Å². The summed E-state index contributed by atoms with van der Waals surface area (Å²) < 4.78 is 32.6. The van der Waals surface area contributed by atoms with Gasteiger partial charge in [-0.1, -0.05) is 91.0 Å².